The van der Waals surface area contributed by atoms with Crippen molar-refractivity contribution in [1.82, 2.24) is 10.6 Å². The third kappa shape index (κ3) is 1.82. The van der Waals surface area contributed by atoms with Crippen LogP contribution >= 0.6 is 0 Å². The molecule has 0 aromatic carbocycles. The summed E-state index contributed by atoms with van der Waals surface area (Å²) in [4.78, 5) is 23.2. The lowest BCUT2D eigenvalue weighted by atomic mass is 10.0. The molecular formula is C15H22N2O3. The van der Waals surface area contributed by atoms with Crippen LogP contribution in [-0.2, 0) is 4.79 Å². The van der Waals surface area contributed by atoms with Crippen LogP contribution in [0.4, 0.5) is 4.79 Å². The lowest BCUT2D eigenvalue weighted by Gasteiger charge is -2.19. The Morgan fingerprint density at radius 1 is 0.950 bits per heavy atom. The van der Waals surface area contributed by atoms with Crippen molar-refractivity contribution in [2.24, 2.45) is 29.6 Å². The highest BCUT2D eigenvalue weighted by Gasteiger charge is 2.65. The minimum absolute atomic E-state index is 0.151. The molecule has 0 aliphatic heterocycles. The van der Waals surface area contributed by atoms with Crippen molar-refractivity contribution < 1.29 is 14.7 Å². The van der Waals surface area contributed by atoms with Crippen LogP contribution in [0, 0.1) is 29.6 Å². The van der Waals surface area contributed by atoms with Crippen molar-refractivity contribution >= 4 is 12.0 Å². The molecule has 0 heterocycles. The van der Waals surface area contributed by atoms with Crippen molar-refractivity contribution in [2.45, 2.75) is 50.6 Å². The number of fused-ring (bicyclic) bond motifs is 5. The Morgan fingerprint density at radius 3 is 2.30 bits per heavy atom. The van der Waals surface area contributed by atoms with Crippen LogP contribution in [0.3, 0.4) is 0 Å². The quantitative estimate of drug-likeness (QED) is 0.733. The number of hydrogen-bond acceptors (Lipinski definition) is 2. The molecule has 0 aromatic rings. The summed E-state index contributed by atoms with van der Waals surface area (Å²) < 4.78 is 0. The molecular weight excluding hydrogens is 256 g/mol. The van der Waals surface area contributed by atoms with Crippen LogP contribution in [0.2, 0.25) is 0 Å². The Morgan fingerprint density at radius 2 is 1.65 bits per heavy atom. The number of hydrogen-bond donors (Lipinski definition) is 3. The predicted molar refractivity (Wildman–Crippen MR) is 72.0 cm³/mol. The van der Waals surface area contributed by atoms with Gasteiger partial charge >= 0.3 is 12.0 Å². The number of aliphatic carboxylic acids is 1. The smallest absolute Gasteiger partial charge is 0.315 e. The maximum atomic E-state index is 12.1. The minimum atomic E-state index is -0.783. The van der Waals surface area contributed by atoms with Gasteiger partial charge in [-0.1, -0.05) is 6.42 Å². The lowest BCUT2D eigenvalue weighted by molar-refractivity contribution is -0.142. The van der Waals surface area contributed by atoms with Crippen LogP contribution in [0.25, 0.3) is 0 Å². The molecule has 6 atom stereocenters. The van der Waals surface area contributed by atoms with Crippen molar-refractivity contribution in [2.75, 3.05) is 0 Å². The minimum Gasteiger partial charge on any atom is -0.481 e. The first-order chi connectivity index (χ1) is 9.65. The number of carbonyl (C=O) groups is 2. The summed E-state index contributed by atoms with van der Waals surface area (Å²) in [5.74, 6) is 1.93. The van der Waals surface area contributed by atoms with E-state index in [0.29, 0.717) is 12.5 Å². The molecule has 4 aliphatic carbocycles. The van der Waals surface area contributed by atoms with Gasteiger partial charge in [-0.25, -0.2) is 4.79 Å². The number of carboxylic acid groups (broad SMARTS) is 1. The van der Waals surface area contributed by atoms with Crippen molar-refractivity contribution in [1.29, 1.82) is 0 Å². The first-order valence-electron chi connectivity index (χ1n) is 7.95. The Balaban J connectivity index is 1.30. The molecule has 2 amide bonds. The van der Waals surface area contributed by atoms with Crippen LogP contribution in [0.15, 0.2) is 0 Å². The summed E-state index contributed by atoms with van der Waals surface area (Å²) in [5.41, 5.74) is 0. The van der Waals surface area contributed by atoms with Gasteiger partial charge in [0.05, 0.1) is 5.92 Å². The zero-order valence-corrected chi connectivity index (χ0v) is 11.5. The van der Waals surface area contributed by atoms with Crippen LogP contribution < -0.4 is 10.6 Å². The number of carboxylic acids is 1. The van der Waals surface area contributed by atoms with Crippen molar-refractivity contribution in [3.8, 4) is 0 Å². The highest BCUT2D eigenvalue weighted by molar-refractivity contribution is 5.77. The Labute approximate surface area is 118 Å². The summed E-state index contributed by atoms with van der Waals surface area (Å²) >= 11 is 0. The monoisotopic (exact) mass is 278 g/mol. The maximum Gasteiger partial charge on any atom is 0.315 e. The third-order valence-corrected chi connectivity index (χ3v) is 6.18. The Bertz CT molecular complexity index is 436. The molecule has 110 valence electrons. The fourth-order valence-electron chi connectivity index (χ4n) is 5.31. The van der Waals surface area contributed by atoms with E-state index in [1.54, 1.807) is 0 Å². The largest absolute Gasteiger partial charge is 0.481 e. The van der Waals surface area contributed by atoms with Crippen molar-refractivity contribution in [3.63, 3.8) is 0 Å². The fraction of sp³-hybridized carbons (Fsp3) is 0.867. The topological polar surface area (TPSA) is 78.4 Å². The van der Waals surface area contributed by atoms with E-state index in [-0.39, 0.29) is 12.1 Å². The molecule has 4 rings (SSSR count). The molecule has 3 N–H and O–H groups in total. The van der Waals surface area contributed by atoms with Gasteiger partial charge < -0.3 is 15.7 Å². The van der Waals surface area contributed by atoms with Crippen LogP contribution in [0.1, 0.15) is 38.5 Å². The van der Waals surface area contributed by atoms with Crippen LogP contribution in [-0.4, -0.2) is 29.2 Å². The van der Waals surface area contributed by atoms with Gasteiger partial charge in [-0.3, -0.25) is 4.79 Å². The van der Waals surface area contributed by atoms with Gasteiger partial charge in [0.2, 0.25) is 0 Å². The second kappa shape index (κ2) is 4.37. The van der Waals surface area contributed by atoms with E-state index in [1.165, 1.54) is 19.3 Å². The van der Waals surface area contributed by atoms with Gasteiger partial charge in [0, 0.05) is 12.1 Å². The van der Waals surface area contributed by atoms with E-state index in [4.69, 9.17) is 5.11 Å². The SMILES string of the molecule is O=C(NC1CCCC1C(=O)O)NC1C2C3CCC(C3)C12. The second-order valence-corrected chi connectivity index (χ2v) is 7.11. The average Bonchev–Trinajstić information content (AvgIpc) is 2.82. The molecule has 0 aromatic heterocycles. The van der Waals surface area contributed by atoms with Gasteiger partial charge in [0.15, 0.2) is 0 Å². The third-order valence-electron chi connectivity index (χ3n) is 6.18. The standard InChI is InChI=1S/C15H22N2O3/c18-14(19)9-2-1-3-10(9)16-15(20)17-13-11-7-4-5-8(6-7)12(11)13/h7-13H,1-6H2,(H,18,19)(H2,16,17,20). The average molecular weight is 278 g/mol. The zero-order valence-electron chi connectivity index (χ0n) is 11.5. The van der Waals surface area contributed by atoms with Gasteiger partial charge in [0.1, 0.15) is 0 Å². The molecule has 0 saturated heterocycles. The number of amides is 2. The molecule has 20 heavy (non-hydrogen) atoms. The van der Waals surface area contributed by atoms with E-state index in [9.17, 15) is 9.59 Å². The van der Waals surface area contributed by atoms with E-state index in [0.717, 1.165) is 36.5 Å². The van der Waals surface area contributed by atoms with Gasteiger partial charge in [-0.05, 0) is 55.8 Å². The highest BCUT2D eigenvalue weighted by atomic mass is 16.4. The first-order valence-corrected chi connectivity index (χ1v) is 7.95. The van der Waals surface area contributed by atoms with E-state index in [2.05, 4.69) is 10.6 Å². The second-order valence-electron chi connectivity index (χ2n) is 7.11. The summed E-state index contributed by atoms with van der Waals surface area (Å²) in [7, 11) is 0. The number of carbonyl (C=O) groups excluding carboxylic acids is 1. The molecule has 2 bridgehead atoms. The van der Waals surface area contributed by atoms with Crippen LogP contribution in [0.5, 0.6) is 0 Å². The van der Waals surface area contributed by atoms with Crippen molar-refractivity contribution in [3.05, 3.63) is 0 Å². The summed E-state index contributed by atoms with van der Waals surface area (Å²) in [6, 6.07) is 0.0238. The lowest BCUT2D eigenvalue weighted by Crippen LogP contribution is -2.46. The molecule has 4 saturated carbocycles. The molecule has 4 aliphatic rings. The molecule has 0 radical (unpaired) electrons. The number of urea groups is 1. The normalized spacial score (nSPS) is 47.9. The van der Waals surface area contributed by atoms with E-state index < -0.39 is 11.9 Å². The molecule has 5 nitrogen and oxygen atoms in total. The highest BCUT2D eigenvalue weighted by Crippen LogP contribution is 2.65. The zero-order chi connectivity index (χ0) is 13.9. The van der Waals surface area contributed by atoms with E-state index in [1.807, 2.05) is 0 Å². The van der Waals surface area contributed by atoms with E-state index >= 15 is 0 Å². The molecule has 0 spiro atoms. The maximum absolute atomic E-state index is 12.1. The van der Waals surface area contributed by atoms with Gasteiger partial charge in [0.25, 0.3) is 0 Å². The summed E-state index contributed by atoms with van der Waals surface area (Å²) in [5, 5.41) is 15.1. The Hall–Kier alpha value is -1.26. The molecule has 5 heteroatoms. The first kappa shape index (κ1) is 12.5. The van der Waals surface area contributed by atoms with Gasteiger partial charge in [-0.15, -0.1) is 0 Å². The summed E-state index contributed by atoms with van der Waals surface area (Å²) in [6.07, 6.45) is 6.41. The summed E-state index contributed by atoms with van der Waals surface area (Å²) in [6.45, 7) is 0. The number of nitrogens with one attached hydrogen (secondary N) is 2. The number of rotatable bonds is 3. The molecule has 4 fully saturated rings. The fourth-order valence-corrected chi connectivity index (χ4v) is 5.31. The predicted octanol–water partition coefficient (Wildman–Crippen LogP) is 1.58. The molecule has 6 unspecified atom stereocenters. The van der Waals surface area contributed by atoms with Gasteiger partial charge in [-0.2, -0.15) is 0 Å². The Kier molecular flexibility index (Phi) is 2.72.